The Morgan fingerprint density at radius 1 is 1.12 bits per heavy atom. The average molecular weight is 218 g/mol. The molecule has 16 heavy (non-hydrogen) atoms. The normalized spacial score (nSPS) is 23.3. The van der Waals surface area contributed by atoms with E-state index in [0.717, 1.165) is 5.92 Å². The first-order chi connectivity index (χ1) is 7.83. The van der Waals surface area contributed by atoms with E-state index in [0.29, 0.717) is 0 Å². The Labute approximate surface area is 98.2 Å². The fraction of sp³-hybridized carbons (Fsp3) is 0.714. The molecular weight excluding hydrogens is 196 g/mol. The van der Waals surface area contributed by atoms with Crippen LogP contribution in [0.5, 0.6) is 0 Å². The molecule has 2 heteroatoms. The molecule has 0 radical (unpaired) electrons. The van der Waals surface area contributed by atoms with Gasteiger partial charge in [0.05, 0.1) is 0 Å². The van der Waals surface area contributed by atoms with Gasteiger partial charge in [0.2, 0.25) is 0 Å². The van der Waals surface area contributed by atoms with Crippen LogP contribution in [0, 0.1) is 0 Å². The van der Waals surface area contributed by atoms with Gasteiger partial charge in [-0.2, -0.15) is 0 Å². The number of hydrogen-bond donors (Lipinski definition) is 0. The third-order valence-corrected chi connectivity index (χ3v) is 4.28. The van der Waals surface area contributed by atoms with Crippen LogP contribution in [0.1, 0.15) is 42.9 Å². The molecule has 0 N–H and O–H groups in total. The first kappa shape index (κ1) is 10.4. The third kappa shape index (κ3) is 1.91. The lowest BCUT2D eigenvalue weighted by Gasteiger charge is -2.28. The van der Waals surface area contributed by atoms with Gasteiger partial charge in [-0.1, -0.05) is 0 Å². The van der Waals surface area contributed by atoms with Gasteiger partial charge in [-0.25, -0.2) is 0 Å². The summed E-state index contributed by atoms with van der Waals surface area (Å²) in [6.45, 7) is 3.79. The minimum absolute atomic E-state index is 0.828. The van der Waals surface area contributed by atoms with Crippen LogP contribution in [0.25, 0.3) is 0 Å². The van der Waals surface area contributed by atoms with Crippen molar-refractivity contribution in [2.45, 2.75) is 44.6 Å². The summed E-state index contributed by atoms with van der Waals surface area (Å²) in [5, 5.41) is 0. The number of nitrogens with zero attached hydrogens (tertiary/aromatic N) is 2. The Balaban J connectivity index is 1.76. The second-order valence-corrected chi connectivity index (χ2v) is 5.49. The van der Waals surface area contributed by atoms with E-state index in [9.17, 15) is 0 Å². The maximum atomic E-state index is 2.50. The van der Waals surface area contributed by atoms with Gasteiger partial charge in [-0.15, -0.1) is 0 Å². The number of piperidine rings is 1. The number of aromatic nitrogens is 1. The quantitative estimate of drug-likeness (QED) is 0.703. The summed E-state index contributed by atoms with van der Waals surface area (Å²) < 4.78 is 2.50. The van der Waals surface area contributed by atoms with Crippen molar-refractivity contribution in [3.8, 4) is 0 Å². The number of hydrogen-bond acceptors (Lipinski definition) is 1. The molecule has 3 heterocycles. The summed E-state index contributed by atoms with van der Waals surface area (Å²) >= 11 is 0. The molecule has 1 aromatic heterocycles. The van der Waals surface area contributed by atoms with Crippen LogP contribution < -0.4 is 0 Å². The van der Waals surface area contributed by atoms with Crippen LogP contribution in [0.4, 0.5) is 0 Å². The molecule has 1 aromatic rings. The van der Waals surface area contributed by atoms with Gasteiger partial charge in [0.15, 0.2) is 0 Å². The number of aryl methyl sites for hydroxylation is 2. The van der Waals surface area contributed by atoms with Crippen LogP contribution in [-0.2, 0) is 13.0 Å². The molecule has 0 unspecified atom stereocenters. The third-order valence-electron chi connectivity index (χ3n) is 4.28. The molecular formula is C14H22N2. The Hall–Kier alpha value is -0.760. The Morgan fingerprint density at radius 3 is 2.69 bits per heavy atom. The molecule has 1 saturated heterocycles. The van der Waals surface area contributed by atoms with E-state index in [1.54, 1.807) is 11.3 Å². The van der Waals surface area contributed by atoms with Gasteiger partial charge < -0.3 is 9.47 Å². The maximum Gasteiger partial charge on any atom is 0.0222 e. The van der Waals surface area contributed by atoms with Crippen LogP contribution >= 0.6 is 0 Å². The summed E-state index contributed by atoms with van der Waals surface area (Å²) in [5.74, 6) is 0.828. The van der Waals surface area contributed by atoms with Gasteiger partial charge in [0.1, 0.15) is 0 Å². The Bertz CT molecular complexity index is 335. The van der Waals surface area contributed by atoms with Crippen molar-refractivity contribution in [2.24, 2.45) is 0 Å². The molecule has 0 bridgehead atoms. The zero-order chi connectivity index (χ0) is 11.0. The zero-order valence-corrected chi connectivity index (χ0v) is 10.3. The second-order valence-electron chi connectivity index (χ2n) is 5.49. The van der Waals surface area contributed by atoms with Gasteiger partial charge >= 0.3 is 0 Å². The fourth-order valence-electron chi connectivity index (χ4n) is 3.15. The van der Waals surface area contributed by atoms with Crippen molar-refractivity contribution in [1.29, 1.82) is 0 Å². The van der Waals surface area contributed by atoms with Crippen LogP contribution in [0.3, 0.4) is 0 Å². The molecule has 2 aliphatic heterocycles. The number of fused-ring (bicyclic) bond motifs is 1. The minimum Gasteiger partial charge on any atom is -0.351 e. The second kappa shape index (κ2) is 4.25. The summed E-state index contributed by atoms with van der Waals surface area (Å²) in [4.78, 5) is 2.45. The topological polar surface area (TPSA) is 8.17 Å². The lowest BCUT2D eigenvalue weighted by Crippen LogP contribution is -2.29. The van der Waals surface area contributed by atoms with E-state index >= 15 is 0 Å². The Kier molecular flexibility index (Phi) is 2.76. The molecule has 0 spiro atoms. The van der Waals surface area contributed by atoms with E-state index in [2.05, 4.69) is 28.8 Å². The highest BCUT2D eigenvalue weighted by molar-refractivity contribution is 5.24. The molecule has 88 valence electrons. The number of rotatable bonds is 1. The minimum atomic E-state index is 0.828. The molecule has 0 aliphatic carbocycles. The largest absolute Gasteiger partial charge is 0.351 e. The van der Waals surface area contributed by atoms with Crippen LogP contribution in [0.2, 0.25) is 0 Å². The van der Waals surface area contributed by atoms with Crippen molar-refractivity contribution < 1.29 is 0 Å². The SMILES string of the molecule is CN1CCC(c2cc3n(c2)CCCC3)CC1. The van der Waals surface area contributed by atoms with Crippen molar-refractivity contribution in [3.05, 3.63) is 23.5 Å². The molecule has 3 rings (SSSR count). The van der Waals surface area contributed by atoms with E-state index in [1.807, 2.05) is 0 Å². The Morgan fingerprint density at radius 2 is 1.94 bits per heavy atom. The van der Waals surface area contributed by atoms with E-state index < -0.39 is 0 Å². The molecule has 0 atom stereocenters. The molecule has 0 saturated carbocycles. The fourth-order valence-corrected chi connectivity index (χ4v) is 3.15. The molecule has 2 nitrogen and oxygen atoms in total. The van der Waals surface area contributed by atoms with E-state index in [1.165, 1.54) is 51.7 Å². The van der Waals surface area contributed by atoms with Crippen molar-refractivity contribution in [1.82, 2.24) is 9.47 Å². The lowest BCUT2D eigenvalue weighted by molar-refractivity contribution is 0.255. The monoisotopic (exact) mass is 218 g/mol. The van der Waals surface area contributed by atoms with E-state index in [-0.39, 0.29) is 0 Å². The first-order valence-electron chi connectivity index (χ1n) is 6.70. The van der Waals surface area contributed by atoms with Gasteiger partial charge in [0, 0.05) is 18.4 Å². The standard InChI is InChI=1S/C14H22N2/c1-15-8-5-12(6-9-15)13-10-14-4-2-3-7-16(14)11-13/h10-12H,2-9H2,1H3. The predicted octanol–water partition coefficient (Wildman–Crippen LogP) is 2.63. The summed E-state index contributed by atoms with van der Waals surface area (Å²) in [5.41, 5.74) is 3.20. The highest BCUT2D eigenvalue weighted by Gasteiger charge is 2.21. The molecule has 0 aromatic carbocycles. The van der Waals surface area contributed by atoms with Crippen molar-refractivity contribution >= 4 is 0 Å². The highest BCUT2D eigenvalue weighted by atomic mass is 15.1. The predicted molar refractivity (Wildman–Crippen MR) is 66.8 cm³/mol. The molecule has 1 fully saturated rings. The molecule has 0 amide bonds. The zero-order valence-electron chi connectivity index (χ0n) is 10.3. The lowest BCUT2D eigenvalue weighted by atomic mass is 9.91. The van der Waals surface area contributed by atoms with Crippen molar-refractivity contribution in [2.75, 3.05) is 20.1 Å². The summed E-state index contributed by atoms with van der Waals surface area (Å²) in [6, 6.07) is 2.48. The van der Waals surface area contributed by atoms with E-state index in [4.69, 9.17) is 0 Å². The van der Waals surface area contributed by atoms with Gasteiger partial charge in [-0.05, 0) is 69.8 Å². The first-order valence-corrected chi connectivity index (χ1v) is 6.70. The van der Waals surface area contributed by atoms with Gasteiger partial charge in [-0.3, -0.25) is 0 Å². The number of likely N-dealkylation sites (tertiary alicyclic amines) is 1. The smallest absolute Gasteiger partial charge is 0.0222 e. The average Bonchev–Trinajstić information content (AvgIpc) is 2.73. The van der Waals surface area contributed by atoms with Crippen LogP contribution in [0.15, 0.2) is 12.3 Å². The van der Waals surface area contributed by atoms with Crippen LogP contribution in [-0.4, -0.2) is 29.6 Å². The summed E-state index contributed by atoms with van der Waals surface area (Å²) in [7, 11) is 2.24. The van der Waals surface area contributed by atoms with Gasteiger partial charge in [0.25, 0.3) is 0 Å². The van der Waals surface area contributed by atoms with Crippen molar-refractivity contribution in [3.63, 3.8) is 0 Å². The highest BCUT2D eigenvalue weighted by Crippen LogP contribution is 2.30. The molecule has 2 aliphatic rings. The maximum absolute atomic E-state index is 2.50. The summed E-state index contributed by atoms with van der Waals surface area (Å²) in [6.07, 6.45) is 9.18.